The second-order valence-corrected chi connectivity index (χ2v) is 13.2. The van der Waals surface area contributed by atoms with Gasteiger partial charge in [-0.3, -0.25) is 4.98 Å². The Kier molecular flexibility index (Phi) is 13.2. The number of nitriles is 1. The zero-order valence-corrected chi connectivity index (χ0v) is 30.3. The molecule has 51 heavy (non-hydrogen) atoms. The fourth-order valence-electron chi connectivity index (χ4n) is 5.97. The van der Waals surface area contributed by atoms with Crippen molar-refractivity contribution in [2.45, 2.75) is 58.5 Å². The number of pyridine rings is 1. The smallest absolute Gasteiger partial charge is 0.338 e. The summed E-state index contributed by atoms with van der Waals surface area (Å²) in [5.74, 6) is 1.04. The van der Waals surface area contributed by atoms with Crippen LogP contribution >= 0.6 is 23.2 Å². The lowest BCUT2D eigenvalue weighted by atomic mass is 9.91. The van der Waals surface area contributed by atoms with Crippen molar-refractivity contribution in [3.05, 3.63) is 105 Å². The molecule has 268 valence electrons. The summed E-state index contributed by atoms with van der Waals surface area (Å²) in [5, 5.41) is 20.7. The van der Waals surface area contributed by atoms with Gasteiger partial charge in [0.1, 0.15) is 36.5 Å². The number of aromatic nitrogens is 1. The second-order valence-electron chi connectivity index (χ2n) is 12.4. The van der Waals surface area contributed by atoms with E-state index in [2.05, 4.69) is 16.0 Å². The molecule has 3 aromatic carbocycles. The molecule has 0 unspecified atom stereocenters. The molecule has 12 heteroatoms. The third-order valence-electron chi connectivity index (χ3n) is 8.95. The molecule has 1 aliphatic rings. The minimum Gasteiger partial charge on any atom is -0.492 e. The first-order valence-corrected chi connectivity index (χ1v) is 17.7. The average Bonchev–Trinajstić information content (AvgIpc) is 3.14. The quantitative estimate of drug-likeness (QED) is 0.0969. The third-order valence-corrected chi connectivity index (χ3v) is 9.64. The number of carbonyl (C=O) groups excluding carboxylic acids is 1. The highest BCUT2D eigenvalue weighted by atomic mass is 35.5. The van der Waals surface area contributed by atoms with Crippen molar-refractivity contribution in [2.24, 2.45) is 5.73 Å². The first kappa shape index (κ1) is 37.9. The highest BCUT2D eigenvalue weighted by Gasteiger charge is 2.40. The lowest BCUT2D eigenvalue weighted by Crippen LogP contribution is -2.50. The number of rotatable bonds is 15. The minimum atomic E-state index is -1.40. The Morgan fingerprint density at radius 2 is 1.73 bits per heavy atom. The van der Waals surface area contributed by atoms with Crippen LogP contribution in [0.2, 0.25) is 10.0 Å². The van der Waals surface area contributed by atoms with E-state index in [4.69, 9.17) is 47.9 Å². The Morgan fingerprint density at radius 3 is 2.47 bits per heavy atom. The van der Waals surface area contributed by atoms with E-state index in [9.17, 15) is 15.2 Å². The molecule has 1 saturated heterocycles. The molecule has 10 nitrogen and oxygen atoms in total. The van der Waals surface area contributed by atoms with Gasteiger partial charge in [0.15, 0.2) is 5.60 Å². The molecule has 1 fully saturated rings. The van der Waals surface area contributed by atoms with E-state index >= 15 is 0 Å². The molecule has 1 aromatic heterocycles. The number of esters is 1. The van der Waals surface area contributed by atoms with Gasteiger partial charge in [0, 0.05) is 61.3 Å². The molecule has 0 atom stereocenters. The number of benzene rings is 3. The van der Waals surface area contributed by atoms with Crippen LogP contribution in [0.5, 0.6) is 17.2 Å². The first-order chi connectivity index (χ1) is 24.6. The maximum Gasteiger partial charge on any atom is 0.338 e. The van der Waals surface area contributed by atoms with Crippen molar-refractivity contribution in [3.8, 4) is 34.4 Å². The van der Waals surface area contributed by atoms with Gasteiger partial charge in [0.25, 0.3) is 0 Å². The van der Waals surface area contributed by atoms with Crippen molar-refractivity contribution in [1.29, 1.82) is 5.26 Å². The van der Waals surface area contributed by atoms with Crippen molar-refractivity contribution < 1.29 is 28.8 Å². The Bertz CT molecular complexity index is 1870. The summed E-state index contributed by atoms with van der Waals surface area (Å²) >= 11 is 13.5. The number of nitrogens with zero attached hydrogens (tertiary/aromatic N) is 3. The number of hydrogen-bond acceptors (Lipinski definition) is 10. The average molecular weight is 734 g/mol. The van der Waals surface area contributed by atoms with Crippen molar-refractivity contribution >= 4 is 29.2 Å². The molecule has 4 aromatic rings. The van der Waals surface area contributed by atoms with E-state index in [-0.39, 0.29) is 26.4 Å². The van der Waals surface area contributed by atoms with Gasteiger partial charge in [-0.05, 0) is 68.0 Å². The monoisotopic (exact) mass is 732 g/mol. The standard InChI is InChI=1S/C39H42Cl2N4O6/c1-3-48-38(46)39(47)11-14-45(15-12-39)13-6-16-49-34-10-5-9-32(37(34)41)31-8-4-7-29(26(31)2)25-51-36-19-35(30(21-43)18-33(36)40)50-24-28-17-27(20-42)22-44-23-28/h4-5,7-10,17-19,22-23,47H,3,6,11-16,21,24-25,43H2,1-2H3. The second kappa shape index (κ2) is 17.7. The zero-order valence-electron chi connectivity index (χ0n) is 28.8. The SMILES string of the molecule is CCOC(=O)C1(O)CCN(CCCOc2cccc(-c3cccc(COc4cc(OCc5cncc(C#N)c5)c(CN)cc4Cl)c3C)c2Cl)CC1. The van der Waals surface area contributed by atoms with Gasteiger partial charge < -0.3 is 34.7 Å². The molecule has 1 aliphatic heterocycles. The Balaban J connectivity index is 1.20. The number of likely N-dealkylation sites (tertiary alicyclic amines) is 1. The largest absolute Gasteiger partial charge is 0.492 e. The lowest BCUT2D eigenvalue weighted by molar-refractivity contribution is -0.170. The summed E-state index contributed by atoms with van der Waals surface area (Å²) in [6.07, 6.45) is 4.61. The summed E-state index contributed by atoms with van der Waals surface area (Å²) in [7, 11) is 0. The fraction of sp³-hybridized carbons (Fsp3) is 0.359. The number of ether oxygens (including phenoxy) is 4. The summed E-state index contributed by atoms with van der Waals surface area (Å²) < 4.78 is 23.4. The van der Waals surface area contributed by atoms with E-state index in [1.54, 1.807) is 31.3 Å². The third kappa shape index (κ3) is 9.50. The van der Waals surface area contributed by atoms with E-state index in [0.717, 1.165) is 46.3 Å². The van der Waals surface area contributed by atoms with Crippen LogP contribution in [0.3, 0.4) is 0 Å². The maximum atomic E-state index is 12.1. The Labute approximate surface area is 308 Å². The van der Waals surface area contributed by atoms with Crippen LogP contribution in [0.4, 0.5) is 0 Å². The normalized spacial score (nSPS) is 14.1. The molecule has 0 aliphatic carbocycles. The lowest BCUT2D eigenvalue weighted by Gasteiger charge is -2.36. The van der Waals surface area contributed by atoms with Crippen LogP contribution in [0.1, 0.15) is 54.0 Å². The summed E-state index contributed by atoms with van der Waals surface area (Å²) in [4.78, 5) is 18.4. The maximum absolute atomic E-state index is 12.1. The molecular formula is C39H42Cl2N4O6. The van der Waals surface area contributed by atoms with Gasteiger partial charge in [-0.15, -0.1) is 0 Å². The number of hydrogen-bond donors (Lipinski definition) is 2. The van der Waals surface area contributed by atoms with Crippen LogP contribution in [0, 0.1) is 18.3 Å². The van der Waals surface area contributed by atoms with E-state index in [1.165, 1.54) is 6.20 Å². The van der Waals surface area contributed by atoms with Crippen LogP contribution in [-0.2, 0) is 29.3 Å². The fourth-order valence-corrected chi connectivity index (χ4v) is 6.50. The van der Waals surface area contributed by atoms with Gasteiger partial charge in [-0.25, -0.2) is 4.79 Å². The predicted octanol–water partition coefficient (Wildman–Crippen LogP) is 7.01. The summed E-state index contributed by atoms with van der Waals surface area (Å²) in [5.41, 5.74) is 10.3. The van der Waals surface area contributed by atoms with Crippen LogP contribution in [0.25, 0.3) is 11.1 Å². The number of halogens is 2. The minimum absolute atomic E-state index is 0.198. The van der Waals surface area contributed by atoms with Crippen LogP contribution < -0.4 is 19.9 Å². The molecule has 0 radical (unpaired) electrons. The molecule has 5 rings (SSSR count). The molecule has 3 N–H and O–H groups in total. The van der Waals surface area contributed by atoms with Crippen molar-refractivity contribution in [2.75, 3.05) is 32.8 Å². The molecule has 0 bridgehead atoms. The molecular weight excluding hydrogens is 691 g/mol. The van der Waals surface area contributed by atoms with Crippen LogP contribution in [0.15, 0.2) is 67.0 Å². The van der Waals surface area contributed by atoms with Gasteiger partial charge >= 0.3 is 5.97 Å². The summed E-state index contributed by atoms with van der Waals surface area (Å²) in [6.45, 7) is 7.15. The van der Waals surface area contributed by atoms with E-state index in [0.29, 0.717) is 65.4 Å². The highest BCUT2D eigenvalue weighted by Crippen LogP contribution is 2.39. The molecule has 0 spiro atoms. The van der Waals surface area contributed by atoms with Gasteiger partial charge in [0.2, 0.25) is 0 Å². The molecule has 0 saturated carbocycles. The Morgan fingerprint density at radius 1 is 0.980 bits per heavy atom. The first-order valence-electron chi connectivity index (χ1n) is 16.9. The predicted molar refractivity (Wildman–Crippen MR) is 196 cm³/mol. The number of carbonyl (C=O) groups is 1. The molecule has 2 heterocycles. The van der Waals surface area contributed by atoms with Crippen molar-refractivity contribution in [3.63, 3.8) is 0 Å². The van der Waals surface area contributed by atoms with Crippen molar-refractivity contribution in [1.82, 2.24) is 9.88 Å². The van der Waals surface area contributed by atoms with Gasteiger partial charge in [-0.1, -0.05) is 53.5 Å². The van der Waals surface area contributed by atoms with Gasteiger partial charge in [-0.2, -0.15) is 5.26 Å². The zero-order chi connectivity index (χ0) is 36.4. The van der Waals surface area contributed by atoms with Crippen LogP contribution in [-0.4, -0.2) is 59.4 Å². The van der Waals surface area contributed by atoms with E-state index in [1.807, 2.05) is 43.3 Å². The van der Waals surface area contributed by atoms with E-state index < -0.39 is 11.6 Å². The Hall–Kier alpha value is -4.37. The highest BCUT2D eigenvalue weighted by molar-refractivity contribution is 6.35. The topological polar surface area (TPSA) is 140 Å². The number of aliphatic hydroxyl groups is 1. The number of piperidine rings is 1. The molecule has 0 amide bonds. The van der Waals surface area contributed by atoms with Gasteiger partial charge in [0.05, 0.1) is 28.8 Å². The summed E-state index contributed by atoms with van der Waals surface area (Å²) in [6, 6.07) is 19.0. The number of nitrogens with two attached hydrogens (primary N) is 1.